The predicted molar refractivity (Wildman–Crippen MR) is 47.5 cm³/mol. The fourth-order valence-corrected chi connectivity index (χ4v) is 2.23. The second-order valence-corrected chi connectivity index (χ2v) is 3.93. The molecule has 3 nitrogen and oxygen atoms in total. The van der Waals surface area contributed by atoms with Crippen molar-refractivity contribution in [1.29, 1.82) is 0 Å². The van der Waals surface area contributed by atoms with Crippen molar-refractivity contribution in [2.45, 2.75) is 25.7 Å². The fraction of sp³-hybridized carbons (Fsp3) is 0.900. The Morgan fingerprint density at radius 1 is 0.923 bits per heavy atom. The third kappa shape index (κ3) is 1.76. The van der Waals surface area contributed by atoms with Crippen LogP contribution in [0.15, 0.2) is 0 Å². The first-order valence-corrected chi connectivity index (χ1v) is 5.02. The lowest BCUT2D eigenvalue weighted by Crippen LogP contribution is -2.37. The zero-order chi connectivity index (χ0) is 9.15. The number of ketones is 1. The van der Waals surface area contributed by atoms with Crippen LogP contribution in [-0.4, -0.2) is 32.2 Å². The van der Waals surface area contributed by atoms with E-state index in [-0.39, 0.29) is 5.41 Å². The first kappa shape index (κ1) is 9.16. The molecular weight excluding hydrogens is 168 g/mol. The van der Waals surface area contributed by atoms with Gasteiger partial charge in [-0.25, -0.2) is 0 Å². The smallest absolute Gasteiger partial charge is 0.141 e. The molecule has 2 aliphatic rings. The number of hydrogen-bond acceptors (Lipinski definition) is 3. The van der Waals surface area contributed by atoms with Gasteiger partial charge < -0.3 is 9.47 Å². The number of ether oxygens (including phenoxy) is 2. The standard InChI is InChI=1S/C10H16O3/c11-9-1-5-12-6-2-10(9)3-7-13-8-4-10/h1-8H2. The van der Waals surface area contributed by atoms with Crippen molar-refractivity contribution in [2.75, 3.05) is 26.4 Å². The first-order chi connectivity index (χ1) is 6.33. The normalized spacial score (nSPS) is 28.8. The van der Waals surface area contributed by atoms with E-state index in [9.17, 15) is 4.79 Å². The average Bonchev–Trinajstić information content (AvgIpc) is 2.33. The van der Waals surface area contributed by atoms with Gasteiger partial charge in [-0.2, -0.15) is 0 Å². The predicted octanol–water partition coefficient (Wildman–Crippen LogP) is 1.16. The van der Waals surface area contributed by atoms with E-state index in [1.165, 1.54) is 0 Å². The van der Waals surface area contributed by atoms with Crippen molar-refractivity contribution in [2.24, 2.45) is 5.41 Å². The highest BCUT2D eigenvalue weighted by Gasteiger charge is 2.39. The molecule has 0 atom stereocenters. The summed E-state index contributed by atoms with van der Waals surface area (Å²) in [5.41, 5.74) is -0.0885. The maximum Gasteiger partial charge on any atom is 0.141 e. The van der Waals surface area contributed by atoms with Crippen molar-refractivity contribution in [3.05, 3.63) is 0 Å². The molecule has 13 heavy (non-hydrogen) atoms. The van der Waals surface area contributed by atoms with E-state index >= 15 is 0 Å². The van der Waals surface area contributed by atoms with Crippen LogP contribution >= 0.6 is 0 Å². The molecule has 0 amide bonds. The lowest BCUT2D eigenvalue weighted by atomic mass is 9.73. The van der Waals surface area contributed by atoms with Crippen LogP contribution in [0, 0.1) is 5.41 Å². The van der Waals surface area contributed by atoms with Crippen LogP contribution in [0.1, 0.15) is 25.7 Å². The molecule has 0 aromatic heterocycles. The van der Waals surface area contributed by atoms with E-state index in [2.05, 4.69) is 0 Å². The Labute approximate surface area is 78.4 Å². The van der Waals surface area contributed by atoms with Gasteiger partial charge in [0.1, 0.15) is 5.78 Å². The molecule has 2 heterocycles. The van der Waals surface area contributed by atoms with Gasteiger partial charge in [0.25, 0.3) is 0 Å². The van der Waals surface area contributed by atoms with Crippen molar-refractivity contribution in [1.82, 2.24) is 0 Å². The minimum absolute atomic E-state index is 0.0885. The van der Waals surface area contributed by atoms with E-state index in [1.54, 1.807) is 0 Å². The summed E-state index contributed by atoms with van der Waals surface area (Å²) in [6.45, 7) is 2.84. The van der Waals surface area contributed by atoms with E-state index < -0.39 is 0 Å². The highest BCUT2D eigenvalue weighted by Crippen LogP contribution is 2.37. The van der Waals surface area contributed by atoms with Crippen LogP contribution in [-0.2, 0) is 14.3 Å². The van der Waals surface area contributed by atoms with Gasteiger partial charge in [0.2, 0.25) is 0 Å². The number of carbonyl (C=O) groups is 1. The van der Waals surface area contributed by atoms with Crippen molar-refractivity contribution < 1.29 is 14.3 Å². The Balaban J connectivity index is 2.10. The summed E-state index contributed by atoms with van der Waals surface area (Å²) in [5, 5.41) is 0. The van der Waals surface area contributed by atoms with Crippen LogP contribution in [0.2, 0.25) is 0 Å². The number of hydrogen-bond donors (Lipinski definition) is 0. The maximum atomic E-state index is 11.9. The van der Waals surface area contributed by atoms with Crippen LogP contribution in [0.25, 0.3) is 0 Å². The minimum Gasteiger partial charge on any atom is -0.381 e. The Morgan fingerprint density at radius 2 is 1.46 bits per heavy atom. The third-order valence-electron chi connectivity index (χ3n) is 3.24. The molecule has 0 N–H and O–H groups in total. The van der Waals surface area contributed by atoms with Crippen LogP contribution in [0.5, 0.6) is 0 Å². The summed E-state index contributed by atoms with van der Waals surface area (Å²) < 4.78 is 10.6. The first-order valence-electron chi connectivity index (χ1n) is 5.02. The molecule has 0 aliphatic carbocycles. The highest BCUT2D eigenvalue weighted by atomic mass is 16.5. The summed E-state index contributed by atoms with van der Waals surface area (Å²) in [4.78, 5) is 11.9. The van der Waals surface area contributed by atoms with E-state index in [4.69, 9.17) is 9.47 Å². The number of Topliss-reactive ketones (excluding diaryl/α,β-unsaturated/α-hetero) is 1. The van der Waals surface area contributed by atoms with Crippen LogP contribution in [0.4, 0.5) is 0 Å². The summed E-state index contributed by atoms with van der Waals surface area (Å²) in [7, 11) is 0. The Morgan fingerprint density at radius 3 is 2.08 bits per heavy atom. The molecule has 2 rings (SSSR count). The molecule has 0 radical (unpaired) electrons. The van der Waals surface area contributed by atoms with Crippen molar-refractivity contribution in [3.8, 4) is 0 Å². The van der Waals surface area contributed by atoms with Crippen LogP contribution in [0.3, 0.4) is 0 Å². The Bertz CT molecular complexity index is 194. The Hall–Kier alpha value is -0.410. The summed E-state index contributed by atoms with van der Waals surface area (Å²) in [5.74, 6) is 0.397. The van der Waals surface area contributed by atoms with Gasteiger partial charge in [-0.15, -0.1) is 0 Å². The number of rotatable bonds is 0. The van der Waals surface area contributed by atoms with Gasteiger partial charge >= 0.3 is 0 Å². The second-order valence-electron chi connectivity index (χ2n) is 3.93. The SMILES string of the molecule is O=C1CCOCCC12CCOCC2. The minimum atomic E-state index is -0.0885. The molecule has 2 fully saturated rings. The quantitative estimate of drug-likeness (QED) is 0.566. The fourth-order valence-electron chi connectivity index (χ4n) is 2.23. The average molecular weight is 184 g/mol. The van der Waals surface area contributed by atoms with E-state index in [0.29, 0.717) is 18.8 Å². The van der Waals surface area contributed by atoms with Gasteiger partial charge in [-0.3, -0.25) is 4.79 Å². The summed E-state index contributed by atoms with van der Waals surface area (Å²) >= 11 is 0. The summed E-state index contributed by atoms with van der Waals surface area (Å²) in [6, 6.07) is 0. The zero-order valence-electron chi connectivity index (χ0n) is 7.88. The van der Waals surface area contributed by atoms with E-state index in [1.807, 2.05) is 0 Å². The summed E-state index contributed by atoms with van der Waals surface area (Å²) in [6.07, 6.45) is 3.29. The molecule has 3 heteroatoms. The molecule has 2 aliphatic heterocycles. The van der Waals surface area contributed by atoms with Crippen molar-refractivity contribution >= 4 is 5.78 Å². The largest absolute Gasteiger partial charge is 0.381 e. The molecule has 74 valence electrons. The molecule has 0 bridgehead atoms. The molecule has 0 unspecified atom stereocenters. The second kappa shape index (κ2) is 3.76. The lowest BCUT2D eigenvalue weighted by Gasteiger charge is -2.34. The molecule has 1 spiro atoms. The topological polar surface area (TPSA) is 35.5 Å². The molecule has 0 aromatic carbocycles. The maximum absolute atomic E-state index is 11.9. The lowest BCUT2D eigenvalue weighted by molar-refractivity contribution is -0.133. The van der Waals surface area contributed by atoms with Gasteiger partial charge in [-0.05, 0) is 19.3 Å². The molecule has 0 saturated carbocycles. The van der Waals surface area contributed by atoms with Crippen LogP contribution < -0.4 is 0 Å². The number of carbonyl (C=O) groups excluding carboxylic acids is 1. The van der Waals surface area contributed by atoms with Crippen molar-refractivity contribution in [3.63, 3.8) is 0 Å². The highest BCUT2D eigenvalue weighted by molar-refractivity contribution is 5.85. The van der Waals surface area contributed by atoms with Gasteiger partial charge in [0.05, 0.1) is 6.61 Å². The zero-order valence-corrected chi connectivity index (χ0v) is 7.88. The molecule has 0 aromatic rings. The van der Waals surface area contributed by atoms with Gasteiger partial charge in [0.15, 0.2) is 0 Å². The van der Waals surface area contributed by atoms with Gasteiger partial charge in [0, 0.05) is 31.7 Å². The molecular formula is C10H16O3. The van der Waals surface area contributed by atoms with Gasteiger partial charge in [-0.1, -0.05) is 0 Å². The monoisotopic (exact) mass is 184 g/mol. The third-order valence-corrected chi connectivity index (χ3v) is 3.24. The Kier molecular flexibility index (Phi) is 2.65. The van der Waals surface area contributed by atoms with E-state index in [0.717, 1.165) is 39.1 Å². The molecule has 2 saturated heterocycles.